The summed E-state index contributed by atoms with van der Waals surface area (Å²) >= 11 is 1.61. The summed E-state index contributed by atoms with van der Waals surface area (Å²) < 4.78 is 5.37. The van der Waals surface area contributed by atoms with Crippen LogP contribution in [0.2, 0.25) is 0 Å². The molecule has 2 aromatic rings. The van der Waals surface area contributed by atoms with Gasteiger partial charge in [0.05, 0.1) is 10.6 Å². The first-order valence-electron chi connectivity index (χ1n) is 4.93. The zero-order chi connectivity index (χ0) is 11.8. The molecule has 0 unspecified atom stereocenters. The zero-order valence-electron chi connectivity index (χ0n) is 8.64. The van der Waals surface area contributed by atoms with Crippen LogP contribution in [0.3, 0.4) is 0 Å². The summed E-state index contributed by atoms with van der Waals surface area (Å²) in [5, 5.41) is 15.3. The van der Waals surface area contributed by atoms with Gasteiger partial charge in [-0.2, -0.15) is 5.10 Å². The Labute approximate surface area is 101 Å². The molecule has 6 heteroatoms. The number of hydrogen-bond donors (Lipinski definition) is 2. The minimum absolute atomic E-state index is 0.0874. The third-order valence-corrected chi connectivity index (χ3v) is 3.34. The van der Waals surface area contributed by atoms with E-state index in [2.05, 4.69) is 10.2 Å². The molecule has 1 aliphatic rings. The van der Waals surface area contributed by atoms with Crippen LogP contribution < -0.4 is 4.74 Å². The van der Waals surface area contributed by atoms with Crippen molar-refractivity contribution in [2.24, 2.45) is 0 Å². The number of aromatic nitrogens is 2. The molecule has 1 aromatic carbocycles. The first kappa shape index (κ1) is 10.2. The number of benzene rings is 1. The average molecular weight is 248 g/mol. The molecular formula is C11H8N2O3S. The van der Waals surface area contributed by atoms with Crippen LogP contribution in [0.1, 0.15) is 10.5 Å². The second-order valence-corrected chi connectivity index (χ2v) is 4.50. The van der Waals surface area contributed by atoms with Crippen LogP contribution >= 0.6 is 11.8 Å². The molecule has 17 heavy (non-hydrogen) atoms. The van der Waals surface area contributed by atoms with Crippen molar-refractivity contribution >= 4 is 17.7 Å². The summed E-state index contributed by atoms with van der Waals surface area (Å²) in [6.45, 7) is 0. The first-order valence-corrected chi connectivity index (χ1v) is 5.91. The third-order valence-electron chi connectivity index (χ3n) is 2.48. The van der Waals surface area contributed by atoms with Crippen LogP contribution in [0.25, 0.3) is 11.3 Å². The number of aromatic amines is 1. The molecule has 0 amide bonds. The van der Waals surface area contributed by atoms with E-state index in [9.17, 15) is 4.79 Å². The number of ether oxygens (including phenoxy) is 1. The summed E-state index contributed by atoms with van der Waals surface area (Å²) in [6, 6.07) is 7.21. The van der Waals surface area contributed by atoms with Crippen molar-refractivity contribution in [1.29, 1.82) is 0 Å². The lowest BCUT2D eigenvalue weighted by Gasteiger charge is -1.99. The maximum atomic E-state index is 10.7. The molecule has 0 fully saturated rings. The quantitative estimate of drug-likeness (QED) is 0.852. The van der Waals surface area contributed by atoms with E-state index in [0.717, 1.165) is 16.2 Å². The molecule has 3 rings (SSSR count). The smallest absolute Gasteiger partial charge is 0.353 e. The Balaban J connectivity index is 2.00. The fourth-order valence-electron chi connectivity index (χ4n) is 1.64. The summed E-state index contributed by atoms with van der Waals surface area (Å²) in [5.74, 6) is 0.482. The number of carbonyl (C=O) groups is 1. The van der Waals surface area contributed by atoms with E-state index < -0.39 is 5.97 Å². The Kier molecular flexibility index (Phi) is 2.29. The van der Waals surface area contributed by atoms with Gasteiger partial charge in [-0.25, -0.2) is 4.79 Å². The number of hydrogen-bond acceptors (Lipinski definition) is 4. The van der Waals surface area contributed by atoms with Crippen LogP contribution in [-0.4, -0.2) is 27.2 Å². The highest BCUT2D eigenvalue weighted by molar-refractivity contribution is 7.99. The number of fused-ring (bicyclic) bond motifs is 1. The molecule has 0 radical (unpaired) electrons. The lowest BCUT2D eigenvalue weighted by atomic mass is 10.1. The molecule has 0 saturated carbocycles. The van der Waals surface area contributed by atoms with E-state index in [-0.39, 0.29) is 5.69 Å². The van der Waals surface area contributed by atoms with Crippen molar-refractivity contribution in [3.63, 3.8) is 0 Å². The Morgan fingerprint density at radius 3 is 3.12 bits per heavy atom. The standard InChI is InChI=1S/C11H8N2O3S/c14-11(15)8-4-7(12-13-8)6-1-2-9-10(3-6)17-5-16-9/h1-4H,5H2,(H,12,13)(H,14,15). The van der Waals surface area contributed by atoms with Crippen molar-refractivity contribution in [3.05, 3.63) is 30.0 Å². The molecule has 0 atom stereocenters. The largest absolute Gasteiger partial charge is 0.481 e. The summed E-state index contributed by atoms with van der Waals surface area (Å²) in [4.78, 5) is 11.8. The van der Waals surface area contributed by atoms with Gasteiger partial charge in [0, 0.05) is 5.56 Å². The number of carboxylic acids is 1. The predicted octanol–water partition coefficient (Wildman–Crippen LogP) is 2.22. The van der Waals surface area contributed by atoms with Crippen molar-refractivity contribution < 1.29 is 14.6 Å². The molecule has 0 saturated heterocycles. The Bertz CT molecular complexity index is 594. The number of nitrogens with zero attached hydrogens (tertiary/aromatic N) is 1. The van der Waals surface area contributed by atoms with Gasteiger partial charge in [0.25, 0.3) is 0 Å². The van der Waals surface area contributed by atoms with E-state index in [4.69, 9.17) is 9.84 Å². The highest BCUT2D eigenvalue weighted by Crippen LogP contribution is 2.38. The first-order chi connectivity index (χ1) is 8.24. The van der Waals surface area contributed by atoms with Gasteiger partial charge in [0.1, 0.15) is 17.4 Å². The topological polar surface area (TPSA) is 75.2 Å². The van der Waals surface area contributed by atoms with E-state index in [0.29, 0.717) is 11.6 Å². The summed E-state index contributed by atoms with van der Waals surface area (Å²) in [6.07, 6.45) is 0. The van der Waals surface area contributed by atoms with Crippen molar-refractivity contribution in [2.75, 3.05) is 5.94 Å². The fourth-order valence-corrected chi connectivity index (χ4v) is 2.43. The number of carboxylic acid groups (broad SMARTS) is 1. The van der Waals surface area contributed by atoms with Gasteiger partial charge in [-0.3, -0.25) is 5.10 Å². The normalized spacial score (nSPS) is 13.2. The summed E-state index contributed by atoms with van der Waals surface area (Å²) in [7, 11) is 0. The van der Waals surface area contributed by atoms with E-state index in [1.54, 1.807) is 11.8 Å². The van der Waals surface area contributed by atoms with Crippen LogP contribution in [0, 0.1) is 0 Å². The van der Waals surface area contributed by atoms with Gasteiger partial charge in [0.2, 0.25) is 0 Å². The molecule has 1 aromatic heterocycles. The Hall–Kier alpha value is -1.95. The van der Waals surface area contributed by atoms with E-state index >= 15 is 0 Å². The van der Waals surface area contributed by atoms with Crippen molar-refractivity contribution in [2.45, 2.75) is 4.90 Å². The molecule has 0 aliphatic carbocycles. The molecule has 2 heterocycles. The minimum atomic E-state index is -1.01. The van der Waals surface area contributed by atoms with Crippen molar-refractivity contribution in [3.8, 4) is 17.0 Å². The van der Waals surface area contributed by atoms with Gasteiger partial charge in [-0.15, -0.1) is 0 Å². The molecule has 1 aliphatic heterocycles. The minimum Gasteiger partial charge on any atom is -0.481 e. The number of nitrogens with one attached hydrogen (secondary N) is 1. The van der Waals surface area contributed by atoms with E-state index in [1.807, 2.05) is 18.2 Å². The maximum Gasteiger partial charge on any atom is 0.353 e. The van der Waals surface area contributed by atoms with Gasteiger partial charge in [-0.1, -0.05) is 11.8 Å². The average Bonchev–Trinajstić information content (AvgIpc) is 2.97. The number of rotatable bonds is 2. The molecule has 5 nitrogen and oxygen atoms in total. The molecular weight excluding hydrogens is 240 g/mol. The highest BCUT2D eigenvalue weighted by atomic mass is 32.2. The van der Waals surface area contributed by atoms with E-state index in [1.165, 1.54) is 6.07 Å². The third kappa shape index (κ3) is 1.76. The Morgan fingerprint density at radius 2 is 2.35 bits per heavy atom. The van der Waals surface area contributed by atoms with Gasteiger partial charge in [-0.05, 0) is 24.3 Å². The van der Waals surface area contributed by atoms with Gasteiger partial charge < -0.3 is 9.84 Å². The summed E-state index contributed by atoms with van der Waals surface area (Å²) in [5.41, 5.74) is 1.59. The molecule has 2 N–H and O–H groups in total. The molecule has 86 valence electrons. The predicted molar refractivity (Wildman–Crippen MR) is 62.3 cm³/mol. The molecule has 0 bridgehead atoms. The van der Waals surface area contributed by atoms with Crippen LogP contribution in [0.5, 0.6) is 5.75 Å². The Morgan fingerprint density at radius 1 is 1.47 bits per heavy atom. The number of H-pyrrole nitrogens is 1. The van der Waals surface area contributed by atoms with Crippen LogP contribution in [-0.2, 0) is 0 Å². The zero-order valence-corrected chi connectivity index (χ0v) is 9.45. The monoisotopic (exact) mass is 248 g/mol. The highest BCUT2D eigenvalue weighted by Gasteiger charge is 2.15. The van der Waals surface area contributed by atoms with Gasteiger partial charge in [0.15, 0.2) is 0 Å². The van der Waals surface area contributed by atoms with Crippen molar-refractivity contribution in [1.82, 2.24) is 10.2 Å². The second-order valence-electron chi connectivity index (χ2n) is 3.54. The number of aromatic carboxylic acids is 1. The van der Waals surface area contributed by atoms with Crippen LogP contribution in [0.15, 0.2) is 29.2 Å². The second kappa shape index (κ2) is 3.81. The SMILES string of the molecule is O=C(O)c1cc(-c2ccc3c(c2)SCO3)n[nH]1. The fraction of sp³-hybridized carbons (Fsp3) is 0.0909. The maximum absolute atomic E-state index is 10.7. The lowest BCUT2D eigenvalue weighted by Crippen LogP contribution is -1.95. The lowest BCUT2D eigenvalue weighted by molar-refractivity contribution is 0.0690. The number of thioether (sulfide) groups is 1. The molecule has 0 spiro atoms. The van der Waals surface area contributed by atoms with Gasteiger partial charge >= 0.3 is 5.97 Å². The van der Waals surface area contributed by atoms with Crippen LogP contribution in [0.4, 0.5) is 0 Å².